The van der Waals surface area contributed by atoms with E-state index in [1.54, 1.807) is 0 Å². The highest BCUT2D eigenvalue weighted by molar-refractivity contribution is 5.75. The van der Waals surface area contributed by atoms with Crippen LogP contribution in [0, 0.1) is 0 Å². The van der Waals surface area contributed by atoms with Crippen molar-refractivity contribution >= 4 is 17.3 Å². The van der Waals surface area contributed by atoms with Crippen LogP contribution in [-0.4, -0.2) is 51.7 Å². The number of rotatable bonds is 17. The number of amides is 1. The SMILES string of the molecule is CN1/C(=C/C=C/C=C/C2N(CCCCCC(=O)NCCCNCCCCN)c3ccccc3C2(C)C)C(C)(C)c2ccccc21. The average Bonchev–Trinajstić information content (AvgIpc) is 3.36. The van der Waals surface area contributed by atoms with Crippen LogP contribution < -0.4 is 26.2 Å². The molecule has 0 saturated heterocycles. The molecular weight excluding hydrogens is 554 g/mol. The summed E-state index contributed by atoms with van der Waals surface area (Å²) in [7, 11) is 2.16. The first-order chi connectivity index (χ1) is 21.7. The number of nitrogens with two attached hydrogens (primary N) is 1. The largest absolute Gasteiger partial charge is 0.364 e. The maximum Gasteiger partial charge on any atom is 0.219 e. The Morgan fingerprint density at radius 3 is 2.29 bits per heavy atom. The number of unbranched alkanes of at least 4 members (excludes halogenated alkanes) is 3. The molecule has 0 aromatic heterocycles. The van der Waals surface area contributed by atoms with Gasteiger partial charge >= 0.3 is 0 Å². The highest BCUT2D eigenvalue weighted by Gasteiger charge is 2.42. The second-order valence-electron chi connectivity index (χ2n) is 13.7. The molecule has 4 N–H and O–H groups in total. The molecular formula is C39H57N5O. The summed E-state index contributed by atoms with van der Waals surface area (Å²) in [6, 6.07) is 17.8. The minimum atomic E-state index is -0.0201. The predicted octanol–water partition coefficient (Wildman–Crippen LogP) is 6.97. The van der Waals surface area contributed by atoms with Crippen LogP contribution in [0.25, 0.3) is 0 Å². The van der Waals surface area contributed by atoms with E-state index in [0.29, 0.717) is 6.42 Å². The first-order valence-corrected chi connectivity index (χ1v) is 17.1. The molecule has 0 aliphatic carbocycles. The summed E-state index contributed by atoms with van der Waals surface area (Å²) in [4.78, 5) is 17.2. The van der Waals surface area contributed by atoms with Crippen LogP contribution in [0.1, 0.15) is 83.8 Å². The number of para-hydroxylation sites is 2. The van der Waals surface area contributed by atoms with Crippen LogP contribution in [-0.2, 0) is 15.6 Å². The van der Waals surface area contributed by atoms with Crippen molar-refractivity contribution in [2.45, 2.75) is 89.5 Å². The van der Waals surface area contributed by atoms with Crippen molar-refractivity contribution in [2.24, 2.45) is 5.73 Å². The fourth-order valence-electron chi connectivity index (χ4n) is 7.05. The second-order valence-corrected chi connectivity index (χ2v) is 13.7. The predicted molar refractivity (Wildman–Crippen MR) is 192 cm³/mol. The van der Waals surface area contributed by atoms with Gasteiger partial charge in [0.1, 0.15) is 0 Å². The van der Waals surface area contributed by atoms with Crippen molar-refractivity contribution in [1.82, 2.24) is 10.6 Å². The molecule has 244 valence electrons. The van der Waals surface area contributed by atoms with E-state index in [9.17, 15) is 4.79 Å². The highest BCUT2D eigenvalue weighted by atomic mass is 16.1. The normalized spacial score (nSPS) is 19.2. The van der Waals surface area contributed by atoms with Crippen molar-refractivity contribution in [1.29, 1.82) is 0 Å². The molecule has 1 amide bonds. The number of nitrogens with one attached hydrogen (secondary N) is 2. The van der Waals surface area contributed by atoms with Crippen LogP contribution in [0.2, 0.25) is 0 Å². The lowest BCUT2D eigenvalue weighted by Gasteiger charge is -2.32. The van der Waals surface area contributed by atoms with Crippen molar-refractivity contribution in [2.75, 3.05) is 49.6 Å². The number of benzene rings is 2. The standard InChI is InChI=1S/C39H57N5O/c1-38(2)31-19-11-13-21-33(31)43(5)35(38)23-8-6-9-24-36-39(3,4)32-20-12-14-22-34(32)44(36)30-17-7-10-25-37(45)42-29-18-28-41-27-16-15-26-40/h6,8-9,11-14,19-24,36,41H,7,10,15-18,25-30,40H2,1-5H3,(H,42,45)/b8-6+,24-9+,35-23+. The summed E-state index contributed by atoms with van der Waals surface area (Å²) < 4.78 is 0. The quantitative estimate of drug-likeness (QED) is 0.133. The van der Waals surface area contributed by atoms with Crippen molar-refractivity contribution < 1.29 is 4.79 Å². The smallest absolute Gasteiger partial charge is 0.219 e. The monoisotopic (exact) mass is 611 g/mol. The van der Waals surface area contributed by atoms with Gasteiger partial charge in [-0.1, -0.05) is 94.8 Å². The van der Waals surface area contributed by atoms with Gasteiger partial charge in [-0.25, -0.2) is 0 Å². The zero-order chi connectivity index (χ0) is 32.3. The van der Waals surface area contributed by atoms with Crippen molar-refractivity contribution in [3.8, 4) is 0 Å². The summed E-state index contributed by atoms with van der Waals surface area (Å²) in [6.07, 6.45) is 18.0. The minimum Gasteiger partial charge on any atom is -0.364 e. The van der Waals surface area contributed by atoms with Gasteiger partial charge in [0.25, 0.3) is 0 Å². The van der Waals surface area contributed by atoms with Crippen molar-refractivity contribution in [3.05, 3.63) is 95.7 Å². The van der Waals surface area contributed by atoms with E-state index in [1.165, 1.54) is 28.2 Å². The van der Waals surface area contributed by atoms with Crippen LogP contribution >= 0.6 is 0 Å². The van der Waals surface area contributed by atoms with Gasteiger partial charge < -0.3 is 26.2 Å². The zero-order valence-corrected chi connectivity index (χ0v) is 28.4. The van der Waals surface area contributed by atoms with E-state index in [0.717, 1.165) is 71.2 Å². The molecule has 0 radical (unpaired) electrons. The number of fused-ring (bicyclic) bond motifs is 2. The molecule has 0 saturated carbocycles. The third-order valence-corrected chi connectivity index (χ3v) is 9.66. The van der Waals surface area contributed by atoms with Gasteiger partial charge in [-0.2, -0.15) is 0 Å². The fraction of sp³-hybridized carbons (Fsp3) is 0.513. The molecule has 2 heterocycles. The fourth-order valence-corrected chi connectivity index (χ4v) is 7.05. The third kappa shape index (κ3) is 8.47. The van der Waals surface area contributed by atoms with Gasteiger partial charge in [-0.05, 0) is 81.1 Å². The van der Waals surface area contributed by atoms with E-state index >= 15 is 0 Å². The zero-order valence-electron chi connectivity index (χ0n) is 28.4. The molecule has 0 spiro atoms. The number of hydrogen-bond acceptors (Lipinski definition) is 5. The molecule has 2 aliphatic rings. The Hall–Kier alpha value is -3.35. The number of nitrogens with zero attached hydrogens (tertiary/aromatic N) is 2. The Bertz CT molecular complexity index is 1340. The number of hydrogen-bond donors (Lipinski definition) is 3. The molecule has 2 aliphatic heterocycles. The van der Waals surface area contributed by atoms with Crippen LogP contribution in [0.3, 0.4) is 0 Å². The molecule has 45 heavy (non-hydrogen) atoms. The Morgan fingerprint density at radius 1 is 0.822 bits per heavy atom. The first-order valence-electron chi connectivity index (χ1n) is 17.1. The molecule has 2 aromatic rings. The van der Waals surface area contributed by atoms with E-state index in [1.807, 2.05) is 0 Å². The van der Waals surface area contributed by atoms with Gasteiger partial charge in [0.05, 0.1) is 6.04 Å². The van der Waals surface area contributed by atoms with Gasteiger partial charge in [-0.3, -0.25) is 4.79 Å². The number of likely N-dealkylation sites (N-methyl/N-ethyl adjacent to an activating group) is 1. The molecule has 2 aromatic carbocycles. The molecule has 6 nitrogen and oxygen atoms in total. The molecule has 1 unspecified atom stereocenters. The lowest BCUT2D eigenvalue weighted by Crippen LogP contribution is -2.40. The molecule has 0 bridgehead atoms. The van der Waals surface area contributed by atoms with Gasteiger partial charge in [0.2, 0.25) is 5.91 Å². The van der Waals surface area contributed by atoms with Crippen molar-refractivity contribution in [3.63, 3.8) is 0 Å². The maximum atomic E-state index is 12.3. The number of carbonyl (C=O) groups is 1. The highest BCUT2D eigenvalue weighted by Crippen LogP contribution is 2.47. The summed E-state index contributed by atoms with van der Waals surface area (Å²) in [5.41, 5.74) is 12.2. The lowest BCUT2D eigenvalue weighted by atomic mass is 9.80. The van der Waals surface area contributed by atoms with Gasteiger partial charge in [-0.15, -0.1) is 0 Å². The molecule has 1 atom stereocenters. The Kier molecular flexibility index (Phi) is 12.5. The van der Waals surface area contributed by atoms with Gasteiger partial charge in [0.15, 0.2) is 0 Å². The number of carbonyl (C=O) groups excluding carboxylic acids is 1. The van der Waals surface area contributed by atoms with Crippen LogP contribution in [0.15, 0.2) is 84.6 Å². The Balaban J connectivity index is 1.27. The van der Waals surface area contributed by atoms with Crippen LogP contribution in [0.5, 0.6) is 0 Å². The number of allylic oxidation sites excluding steroid dienone is 5. The second kappa shape index (κ2) is 16.3. The molecule has 0 fully saturated rings. The van der Waals surface area contributed by atoms with Gasteiger partial charge in [0, 0.05) is 54.5 Å². The first kappa shape index (κ1) is 34.5. The van der Waals surface area contributed by atoms with Crippen LogP contribution in [0.4, 0.5) is 11.4 Å². The Labute approximate surface area is 272 Å². The molecule has 6 heteroatoms. The summed E-state index contributed by atoms with van der Waals surface area (Å²) in [6.45, 7) is 13.7. The summed E-state index contributed by atoms with van der Waals surface area (Å²) >= 11 is 0. The topological polar surface area (TPSA) is 73.6 Å². The third-order valence-electron chi connectivity index (χ3n) is 9.66. The number of anilines is 2. The maximum absolute atomic E-state index is 12.3. The van der Waals surface area contributed by atoms with E-state index in [-0.39, 0.29) is 22.8 Å². The van der Waals surface area contributed by atoms with E-state index < -0.39 is 0 Å². The minimum absolute atomic E-state index is 0.00780. The van der Waals surface area contributed by atoms with E-state index in [2.05, 4.69) is 134 Å². The molecule has 4 rings (SSSR count). The van der Waals surface area contributed by atoms with E-state index in [4.69, 9.17) is 5.73 Å². The average molecular weight is 612 g/mol. The lowest BCUT2D eigenvalue weighted by molar-refractivity contribution is -0.121. The summed E-state index contributed by atoms with van der Waals surface area (Å²) in [5, 5.41) is 6.49. The Morgan fingerprint density at radius 2 is 1.53 bits per heavy atom. The summed E-state index contributed by atoms with van der Waals surface area (Å²) in [5.74, 6) is 0.171.